The van der Waals surface area contributed by atoms with Crippen LogP contribution in [0.25, 0.3) is 0 Å². The molecule has 3 aliphatic carbocycles. The lowest BCUT2D eigenvalue weighted by atomic mass is 9.65. The predicted molar refractivity (Wildman–Crippen MR) is 119 cm³/mol. The summed E-state index contributed by atoms with van der Waals surface area (Å²) in [5.74, 6) is 0.551. The lowest BCUT2D eigenvalue weighted by Gasteiger charge is -2.42. The van der Waals surface area contributed by atoms with Gasteiger partial charge in [-0.2, -0.15) is 0 Å². The highest BCUT2D eigenvalue weighted by atomic mass is 79.9. The van der Waals surface area contributed by atoms with Crippen LogP contribution in [-0.4, -0.2) is 30.1 Å². The average molecular weight is 459 g/mol. The number of fused-ring (bicyclic) bond motifs is 1. The molecule has 0 saturated heterocycles. The molecule has 4 rings (SSSR count). The second-order valence-electron chi connectivity index (χ2n) is 9.11. The van der Waals surface area contributed by atoms with Gasteiger partial charge in [0.25, 0.3) is 0 Å². The Morgan fingerprint density at radius 2 is 2.00 bits per heavy atom. The van der Waals surface area contributed by atoms with Crippen LogP contribution in [0, 0.1) is 5.41 Å². The third-order valence-electron chi connectivity index (χ3n) is 6.90. The first kappa shape index (κ1) is 20.7. The first-order valence-corrected chi connectivity index (χ1v) is 11.4. The number of amides is 1. The van der Waals surface area contributed by atoms with Crippen molar-refractivity contribution in [1.82, 2.24) is 4.90 Å². The van der Waals surface area contributed by atoms with Crippen molar-refractivity contribution in [3.63, 3.8) is 0 Å². The van der Waals surface area contributed by atoms with Crippen molar-refractivity contribution in [3.05, 3.63) is 57.8 Å². The molecule has 29 heavy (non-hydrogen) atoms. The number of benzene rings is 1. The molecule has 2 saturated carbocycles. The van der Waals surface area contributed by atoms with Crippen LogP contribution in [0.1, 0.15) is 62.5 Å². The zero-order chi connectivity index (χ0) is 20.8. The number of hydrogen-bond donors (Lipinski definition) is 1. The summed E-state index contributed by atoms with van der Waals surface area (Å²) in [6.07, 6.45) is 9.19. The van der Waals surface area contributed by atoms with Gasteiger partial charge in [-0.25, -0.2) is 0 Å². The van der Waals surface area contributed by atoms with Crippen LogP contribution < -0.4 is 5.73 Å². The van der Waals surface area contributed by atoms with Crippen LogP contribution in [0.15, 0.2) is 46.7 Å². The average Bonchev–Trinajstić information content (AvgIpc) is 3.44. The summed E-state index contributed by atoms with van der Waals surface area (Å²) >= 11 is 3.62. The summed E-state index contributed by atoms with van der Waals surface area (Å²) in [7, 11) is 1.80. The monoisotopic (exact) mass is 458 g/mol. The Kier molecular flexibility index (Phi) is 5.64. The molecular formula is C24H31BrN2O2. The number of methoxy groups -OCH3 is 1. The minimum Gasteiger partial charge on any atom is -0.385 e. The van der Waals surface area contributed by atoms with Crippen LogP contribution in [0.2, 0.25) is 0 Å². The molecule has 4 nitrogen and oxygen atoms in total. The minimum absolute atomic E-state index is 0.0358. The highest BCUT2D eigenvalue weighted by Crippen LogP contribution is 2.57. The van der Waals surface area contributed by atoms with Crippen molar-refractivity contribution in [2.24, 2.45) is 11.1 Å². The SMILES string of the molecule is C=C(C)/C=C(/N)N(C(=O)C1c2cc(Br)ccc2CC12CCC(OC)CC2)C1CC1. The van der Waals surface area contributed by atoms with Gasteiger partial charge in [0.15, 0.2) is 0 Å². The molecule has 0 aliphatic heterocycles. The van der Waals surface area contributed by atoms with E-state index in [0.717, 1.165) is 55.0 Å². The zero-order valence-corrected chi connectivity index (χ0v) is 19.0. The van der Waals surface area contributed by atoms with Gasteiger partial charge in [-0.1, -0.05) is 34.1 Å². The van der Waals surface area contributed by atoms with Crippen molar-refractivity contribution in [2.75, 3.05) is 7.11 Å². The summed E-state index contributed by atoms with van der Waals surface area (Å²) in [6.45, 7) is 5.86. The van der Waals surface area contributed by atoms with E-state index in [1.807, 2.05) is 17.9 Å². The van der Waals surface area contributed by atoms with Crippen molar-refractivity contribution in [2.45, 2.75) is 69.9 Å². The summed E-state index contributed by atoms with van der Waals surface area (Å²) in [4.78, 5) is 16.0. The molecule has 0 heterocycles. The van der Waals surface area contributed by atoms with Gasteiger partial charge in [0, 0.05) is 17.6 Å². The van der Waals surface area contributed by atoms with Crippen molar-refractivity contribution < 1.29 is 9.53 Å². The van der Waals surface area contributed by atoms with E-state index < -0.39 is 0 Å². The number of rotatable bonds is 5. The molecule has 1 aromatic rings. The molecular weight excluding hydrogens is 428 g/mol. The summed E-state index contributed by atoms with van der Waals surface area (Å²) < 4.78 is 6.65. The fourth-order valence-corrected chi connectivity index (χ4v) is 5.76. The van der Waals surface area contributed by atoms with Crippen LogP contribution in [0.4, 0.5) is 0 Å². The number of nitrogens with zero attached hydrogens (tertiary/aromatic N) is 1. The van der Waals surface area contributed by atoms with Crippen molar-refractivity contribution in [3.8, 4) is 0 Å². The van der Waals surface area contributed by atoms with Crippen molar-refractivity contribution >= 4 is 21.8 Å². The van der Waals surface area contributed by atoms with E-state index in [0.29, 0.717) is 11.9 Å². The molecule has 2 fully saturated rings. The molecule has 0 bridgehead atoms. The Hall–Kier alpha value is -1.59. The number of halogens is 1. The topological polar surface area (TPSA) is 55.6 Å². The van der Waals surface area contributed by atoms with E-state index in [4.69, 9.17) is 10.5 Å². The molecule has 1 aromatic carbocycles. The third-order valence-corrected chi connectivity index (χ3v) is 7.40. The van der Waals surface area contributed by atoms with Crippen LogP contribution >= 0.6 is 15.9 Å². The predicted octanol–water partition coefficient (Wildman–Crippen LogP) is 5.03. The molecule has 156 valence electrons. The summed E-state index contributed by atoms with van der Waals surface area (Å²) in [5, 5.41) is 0. The van der Waals surface area contributed by atoms with Gasteiger partial charge in [-0.15, -0.1) is 0 Å². The molecule has 1 amide bonds. The standard InChI is InChI=1S/C24H31BrN2O2/c1-15(2)12-21(26)27(18-6-7-18)23(28)22-20-13-17(25)5-4-16(20)14-24(22)10-8-19(29-3)9-11-24/h4-5,12-13,18-19,22H,1,6-11,14,26H2,2-3H3/b21-12-. The molecule has 5 heteroatoms. The number of carbonyl (C=O) groups excluding carboxylic acids is 1. The van der Waals surface area contributed by atoms with E-state index in [1.165, 1.54) is 11.1 Å². The smallest absolute Gasteiger partial charge is 0.236 e. The second-order valence-corrected chi connectivity index (χ2v) is 10.0. The molecule has 3 aliphatic rings. The lowest BCUT2D eigenvalue weighted by Crippen LogP contribution is -2.45. The maximum absolute atomic E-state index is 14.1. The third kappa shape index (κ3) is 3.91. The van der Waals surface area contributed by atoms with Gasteiger partial charge in [-0.05, 0) is 86.6 Å². The molecule has 1 unspecified atom stereocenters. The summed E-state index contributed by atoms with van der Waals surface area (Å²) in [6, 6.07) is 6.65. The normalized spacial score (nSPS) is 29.0. The quantitative estimate of drug-likeness (QED) is 0.629. The van der Waals surface area contributed by atoms with Crippen LogP contribution in [0.3, 0.4) is 0 Å². The largest absolute Gasteiger partial charge is 0.385 e. The van der Waals surface area contributed by atoms with Crippen molar-refractivity contribution in [1.29, 1.82) is 0 Å². The van der Waals surface area contributed by atoms with E-state index in [-0.39, 0.29) is 23.3 Å². The Balaban J connectivity index is 1.74. The Labute approximate surface area is 182 Å². The molecule has 1 spiro atoms. The number of ether oxygens (including phenoxy) is 1. The maximum atomic E-state index is 14.1. The Bertz CT molecular complexity index is 850. The summed E-state index contributed by atoms with van der Waals surface area (Å²) in [5.41, 5.74) is 9.73. The second kappa shape index (κ2) is 7.92. The number of allylic oxidation sites excluding steroid dienone is 2. The van der Waals surface area contributed by atoms with Gasteiger partial charge in [0.05, 0.1) is 12.0 Å². The van der Waals surface area contributed by atoms with Gasteiger partial charge >= 0.3 is 0 Å². The Morgan fingerprint density at radius 3 is 2.59 bits per heavy atom. The molecule has 0 radical (unpaired) electrons. The first-order valence-electron chi connectivity index (χ1n) is 10.6. The molecule has 2 N–H and O–H groups in total. The van der Waals surface area contributed by atoms with E-state index >= 15 is 0 Å². The van der Waals surface area contributed by atoms with Gasteiger partial charge in [-0.3, -0.25) is 9.69 Å². The highest BCUT2D eigenvalue weighted by molar-refractivity contribution is 9.10. The van der Waals surface area contributed by atoms with E-state index in [9.17, 15) is 4.79 Å². The first-order chi connectivity index (χ1) is 13.8. The molecule has 1 atom stereocenters. The maximum Gasteiger partial charge on any atom is 0.236 e. The van der Waals surface area contributed by atoms with E-state index in [2.05, 4.69) is 40.7 Å². The van der Waals surface area contributed by atoms with Crippen LogP contribution in [0.5, 0.6) is 0 Å². The fourth-order valence-electron chi connectivity index (χ4n) is 5.38. The highest BCUT2D eigenvalue weighted by Gasteiger charge is 2.53. The van der Waals surface area contributed by atoms with E-state index in [1.54, 1.807) is 7.11 Å². The lowest BCUT2D eigenvalue weighted by molar-refractivity contribution is -0.135. The van der Waals surface area contributed by atoms with Gasteiger partial charge in [0.1, 0.15) is 5.82 Å². The fraction of sp³-hybridized carbons (Fsp3) is 0.542. The van der Waals surface area contributed by atoms with Gasteiger partial charge in [0.2, 0.25) is 5.91 Å². The molecule has 0 aromatic heterocycles. The van der Waals surface area contributed by atoms with Gasteiger partial charge < -0.3 is 10.5 Å². The zero-order valence-electron chi connectivity index (χ0n) is 17.4. The minimum atomic E-state index is -0.148. The number of hydrogen-bond acceptors (Lipinski definition) is 3. The van der Waals surface area contributed by atoms with Crippen LogP contribution in [-0.2, 0) is 16.0 Å². The number of nitrogens with two attached hydrogens (primary N) is 1. The Morgan fingerprint density at radius 1 is 1.31 bits per heavy atom. The number of carbonyl (C=O) groups is 1.